The lowest BCUT2D eigenvalue weighted by Gasteiger charge is -2.28. The number of fused-ring (bicyclic) bond motifs is 2. The maximum absolute atomic E-state index is 12.9. The second kappa shape index (κ2) is 7.43. The molecular weight excluding hydrogens is 378 g/mol. The molecule has 2 N–H and O–H groups in total. The third kappa shape index (κ3) is 3.43. The molecule has 1 aliphatic rings. The zero-order valence-corrected chi connectivity index (χ0v) is 16.8. The van der Waals surface area contributed by atoms with Gasteiger partial charge in [0.15, 0.2) is 0 Å². The van der Waals surface area contributed by atoms with Gasteiger partial charge in [-0.25, -0.2) is 4.98 Å². The van der Waals surface area contributed by atoms with E-state index in [2.05, 4.69) is 35.2 Å². The number of carbonyl (C=O) groups is 1. The lowest BCUT2D eigenvalue weighted by Crippen LogP contribution is -2.30. The Labute approximate surface area is 173 Å². The molecule has 2 aromatic heterocycles. The zero-order chi connectivity index (χ0) is 19.8. The molecule has 0 aliphatic carbocycles. The molecular formula is C24H21N3OS. The Morgan fingerprint density at radius 2 is 1.79 bits per heavy atom. The molecule has 5 heteroatoms. The summed E-state index contributed by atoms with van der Waals surface area (Å²) in [5, 5.41) is 0.898. The highest BCUT2D eigenvalue weighted by Crippen LogP contribution is 2.36. The van der Waals surface area contributed by atoms with E-state index < -0.39 is 0 Å². The van der Waals surface area contributed by atoms with Crippen LogP contribution in [0.15, 0.2) is 66.7 Å². The molecule has 4 nitrogen and oxygen atoms in total. The molecule has 0 fully saturated rings. The summed E-state index contributed by atoms with van der Waals surface area (Å²) >= 11 is 1.40. The third-order valence-corrected chi connectivity index (χ3v) is 6.55. The average Bonchev–Trinajstić information content (AvgIpc) is 3.08. The minimum absolute atomic E-state index is 0.0326. The molecule has 0 saturated carbocycles. The number of nitrogens with two attached hydrogens (primary N) is 1. The molecule has 29 heavy (non-hydrogen) atoms. The molecule has 0 unspecified atom stereocenters. The third-order valence-electron chi connectivity index (χ3n) is 5.44. The number of nitrogen functional groups attached to an aromatic ring is 1. The van der Waals surface area contributed by atoms with Gasteiger partial charge in [-0.1, -0.05) is 60.7 Å². The molecule has 5 rings (SSSR count). The van der Waals surface area contributed by atoms with Crippen molar-refractivity contribution >= 4 is 33.0 Å². The predicted molar refractivity (Wildman–Crippen MR) is 118 cm³/mol. The van der Waals surface area contributed by atoms with Gasteiger partial charge in [-0.2, -0.15) is 0 Å². The summed E-state index contributed by atoms with van der Waals surface area (Å²) in [5.41, 5.74) is 11.3. The van der Waals surface area contributed by atoms with Crippen molar-refractivity contribution in [2.75, 3.05) is 12.3 Å². The first-order chi connectivity index (χ1) is 14.2. The van der Waals surface area contributed by atoms with E-state index >= 15 is 0 Å². The Balaban J connectivity index is 1.46. The number of pyridine rings is 1. The number of thiophene rings is 1. The number of rotatable bonds is 4. The Kier molecular flexibility index (Phi) is 4.62. The van der Waals surface area contributed by atoms with E-state index in [1.807, 2.05) is 36.4 Å². The van der Waals surface area contributed by atoms with Crippen molar-refractivity contribution in [3.63, 3.8) is 0 Å². The molecule has 0 spiro atoms. The van der Waals surface area contributed by atoms with Crippen molar-refractivity contribution in [2.24, 2.45) is 0 Å². The smallest absolute Gasteiger partial charge is 0.205 e. The number of ketones is 1. The first-order valence-corrected chi connectivity index (χ1v) is 10.6. The van der Waals surface area contributed by atoms with Crippen molar-refractivity contribution in [3.8, 4) is 0 Å². The number of hydrogen-bond donors (Lipinski definition) is 1. The van der Waals surface area contributed by atoms with Gasteiger partial charge in [0.2, 0.25) is 5.78 Å². The highest BCUT2D eigenvalue weighted by Gasteiger charge is 2.23. The van der Waals surface area contributed by atoms with Gasteiger partial charge in [0.25, 0.3) is 0 Å². The van der Waals surface area contributed by atoms with Gasteiger partial charge < -0.3 is 5.73 Å². The fourth-order valence-electron chi connectivity index (χ4n) is 3.92. The first-order valence-electron chi connectivity index (χ1n) is 9.76. The molecule has 0 radical (unpaired) electrons. The van der Waals surface area contributed by atoms with E-state index in [0.717, 1.165) is 42.0 Å². The highest BCUT2D eigenvalue weighted by molar-refractivity contribution is 7.21. The number of aromatic nitrogens is 1. The van der Waals surface area contributed by atoms with Crippen LogP contribution in [0.2, 0.25) is 0 Å². The summed E-state index contributed by atoms with van der Waals surface area (Å²) in [6.07, 6.45) is 0.915. The lowest BCUT2D eigenvalue weighted by molar-refractivity contribution is 0.104. The van der Waals surface area contributed by atoms with Crippen LogP contribution in [0, 0.1) is 0 Å². The summed E-state index contributed by atoms with van der Waals surface area (Å²) in [5.74, 6) is -0.0326. The molecule has 0 amide bonds. The van der Waals surface area contributed by atoms with Crippen molar-refractivity contribution in [1.82, 2.24) is 9.88 Å². The van der Waals surface area contributed by atoms with Crippen LogP contribution >= 0.6 is 11.3 Å². The van der Waals surface area contributed by atoms with E-state index in [4.69, 9.17) is 10.7 Å². The highest BCUT2D eigenvalue weighted by atomic mass is 32.1. The lowest BCUT2D eigenvalue weighted by atomic mass is 10.0. The average molecular weight is 400 g/mol. The van der Waals surface area contributed by atoms with E-state index in [-0.39, 0.29) is 5.78 Å². The monoisotopic (exact) mass is 399 g/mol. The van der Waals surface area contributed by atoms with Gasteiger partial charge in [0.05, 0.1) is 5.69 Å². The standard InChI is InChI=1S/C24H21N3OS/c25-21-19-13-18-15-27(14-16-7-3-1-4-8-16)12-11-20(18)26-24(19)29-23(21)22(28)17-9-5-2-6-10-17/h1-10,13H,11-12,14-15,25H2. The van der Waals surface area contributed by atoms with Crippen LogP contribution in [0.4, 0.5) is 5.69 Å². The minimum atomic E-state index is -0.0326. The predicted octanol–water partition coefficient (Wildman–Crippen LogP) is 4.67. The molecule has 0 atom stereocenters. The molecule has 144 valence electrons. The van der Waals surface area contributed by atoms with Crippen molar-refractivity contribution < 1.29 is 4.79 Å². The molecule has 0 bridgehead atoms. The van der Waals surface area contributed by atoms with Crippen molar-refractivity contribution in [3.05, 3.63) is 94.0 Å². The summed E-state index contributed by atoms with van der Waals surface area (Å²) in [4.78, 5) is 21.7. The summed E-state index contributed by atoms with van der Waals surface area (Å²) in [6.45, 7) is 2.76. The SMILES string of the molecule is Nc1c(C(=O)c2ccccc2)sc2nc3c(cc12)CN(Cc1ccccc1)CC3. The number of hydrogen-bond acceptors (Lipinski definition) is 5. The maximum atomic E-state index is 12.9. The number of carbonyl (C=O) groups excluding carboxylic acids is 1. The van der Waals surface area contributed by atoms with Crippen molar-refractivity contribution in [1.29, 1.82) is 0 Å². The van der Waals surface area contributed by atoms with Crippen LogP contribution in [-0.2, 0) is 19.5 Å². The van der Waals surface area contributed by atoms with Crippen molar-refractivity contribution in [2.45, 2.75) is 19.5 Å². The van der Waals surface area contributed by atoms with Gasteiger partial charge in [0, 0.05) is 42.7 Å². The molecule has 0 saturated heterocycles. The van der Waals surface area contributed by atoms with Crippen LogP contribution in [-0.4, -0.2) is 22.2 Å². The fraction of sp³-hybridized carbons (Fsp3) is 0.167. The van der Waals surface area contributed by atoms with Gasteiger partial charge >= 0.3 is 0 Å². The van der Waals surface area contributed by atoms with E-state index in [9.17, 15) is 4.79 Å². The maximum Gasteiger partial charge on any atom is 0.205 e. The van der Waals surface area contributed by atoms with Crippen LogP contribution in [0.5, 0.6) is 0 Å². The molecule has 4 aromatic rings. The molecule has 3 heterocycles. The summed E-state index contributed by atoms with van der Waals surface area (Å²) < 4.78 is 0. The molecule has 2 aromatic carbocycles. The van der Waals surface area contributed by atoms with E-state index in [1.165, 1.54) is 22.5 Å². The topological polar surface area (TPSA) is 59.2 Å². The van der Waals surface area contributed by atoms with E-state index in [0.29, 0.717) is 16.1 Å². The van der Waals surface area contributed by atoms with Gasteiger partial charge in [-0.3, -0.25) is 9.69 Å². The van der Waals surface area contributed by atoms with Gasteiger partial charge in [-0.05, 0) is 17.2 Å². The largest absolute Gasteiger partial charge is 0.397 e. The summed E-state index contributed by atoms with van der Waals surface area (Å²) in [6, 6.07) is 22.0. The number of nitrogens with zero attached hydrogens (tertiary/aromatic N) is 2. The summed E-state index contributed by atoms with van der Waals surface area (Å²) in [7, 11) is 0. The minimum Gasteiger partial charge on any atom is -0.397 e. The first kappa shape index (κ1) is 18.0. The number of benzene rings is 2. The Morgan fingerprint density at radius 1 is 1.07 bits per heavy atom. The second-order valence-corrected chi connectivity index (χ2v) is 8.43. The van der Waals surface area contributed by atoms with E-state index in [1.54, 1.807) is 0 Å². The second-order valence-electron chi connectivity index (χ2n) is 7.43. The normalized spacial score (nSPS) is 14.1. The quantitative estimate of drug-likeness (QED) is 0.507. The van der Waals surface area contributed by atoms with Crippen LogP contribution in [0.25, 0.3) is 10.2 Å². The fourth-order valence-corrected chi connectivity index (χ4v) is 4.98. The Morgan fingerprint density at radius 3 is 2.55 bits per heavy atom. The van der Waals surface area contributed by atoms with Gasteiger partial charge in [0.1, 0.15) is 9.71 Å². The molecule has 1 aliphatic heterocycles. The van der Waals surface area contributed by atoms with Crippen LogP contribution < -0.4 is 5.73 Å². The number of anilines is 1. The van der Waals surface area contributed by atoms with Gasteiger partial charge in [-0.15, -0.1) is 11.3 Å². The van der Waals surface area contributed by atoms with Crippen LogP contribution in [0.3, 0.4) is 0 Å². The zero-order valence-electron chi connectivity index (χ0n) is 16.0. The van der Waals surface area contributed by atoms with Crippen LogP contribution in [0.1, 0.15) is 32.1 Å². The Bertz CT molecular complexity index is 1190. The Hall–Kier alpha value is -3.02.